The fourth-order valence-corrected chi connectivity index (χ4v) is 0.934. The van der Waals surface area contributed by atoms with E-state index in [1.165, 1.54) is 0 Å². The summed E-state index contributed by atoms with van der Waals surface area (Å²) in [4.78, 5) is 23.0. The number of Topliss-reactive ketones (excluding diaryl/α,β-unsaturated/α-hetero) is 2. The lowest BCUT2D eigenvalue weighted by Crippen LogP contribution is -2.48. The normalized spacial score (nSPS) is 15.7. The molecule has 0 aliphatic carbocycles. The third-order valence-electron chi connectivity index (χ3n) is 2.28. The molecule has 0 unspecified atom stereocenters. The van der Waals surface area contributed by atoms with Crippen LogP contribution in [-0.2, 0) is 9.59 Å². The zero-order chi connectivity index (χ0) is 11.5. The minimum atomic E-state index is -0.729. The minimum absolute atomic E-state index is 0.0363. The van der Waals surface area contributed by atoms with Gasteiger partial charge in [-0.1, -0.05) is 27.7 Å². The van der Waals surface area contributed by atoms with E-state index < -0.39 is 23.7 Å². The van der Waals surface area contributed by atoms with Crippen molar-refractivity contribution in [3.05, 3.63) is 0 Å². The molecule has 82 valence electrons. The Balaban J connectivity index is 4.48. The summed E-state index contributed by atoms with van der Waals surface area (Å²) in [5, 5.41) is 0. The predicted octanol–water partition coefficient (Wildman–Crippen LogP) is 0.0912. The molecule has 0 heterocycles. The fraction of sp³-hybridized carbons (Fsp3) is 0.800. The van der Waals surface area contributed by atoms with Crippen LogP contribution < -0.4 is 11.5 Å². The molecule has 0 radical (unpaired) electrons. The molecule has 0 aliphatic rings. The summed E-state index contributed by atoms with van der Waals surface area (Å²) in [5.74, 6) is -1.18. The van der Waals surface area contributed by atoms with Gasteiger partial charge in [-0.25, -0.2) is 0 Å². The van der Waals surface area contributed by atoms with Crippen LogP contribution in [0.4, 0.5) is 0 Å². The van der Waals surface area contributed by atoms with Crippen LogP contribution >= 0.6 is 0 Å². The van der Waals surface area contributed by atoms with E-state index in [0.29, 0.717) is 0 Å². The Morgan fingerprint density at radius 1 is 0.786 bits per heavy atom. The highest BCUT2D eigenvalue weighted by Crippen LogP contribution is 2.05. The molecule has 4 nitrogen and oxygen atoms in total. The molecule has 0 amide bonds. The monoisotopic (exact) mass is 200 g/mol. The third-order valence-corrected chi connectivity index (χ3v) is 2.28. The highest BCUT2D eigenvalue weighted by atomic mass is 16.2. The molecule has 0 rings (SSSR count). The summed E-state index contributed by atoms with van der Waals surface area (Å²) in [6.45, 7) is 7.21. The van der Waals surface area contributed by atoms with Crippen molar-refractivity contribution in [2.45, 2.75) is 39.8 Å². The molecule has 0 aromatic rings. The van der Waals surface area contributed by atoms with Crippen LogP contribution in [0.25, 0.3) is 0 Å². The highest BCUT2D eigenvalue weighted by molar-refractivity contribution is 6.41. The van der Waals surface area contributed by atoms with E-state index in [-0.39, 0.29) is 11.8 Å². The Morgan fingerprint density at radius 3 is 1.14 bits per heavy atom. The summed E-state index contributed by atoms with van der Waals surface area (Å²) < 4.78 is 0. The van der Waals surface area contributed by atoms with Crippen LogP contribution in [0.15, 0.2) is 0 Å². The summed E-state index contributed by atoms with van der Waals surface area (Å²) in [7, 11) is 0. The molecule has 0 saturated heterocycles. The molecule has 0 aromatic carbocycles. The van der Waals surface area contributed by atoms with Gasteiger partial charge < -0.3 is 11.5 Å². The van der Waals surface area contributed by atoms with Crippen molar-refractivity contribution in [2.24, 2.45) is 23.3 Å². The number of ketones is 2. The molecule has 0 fully saturated rings. The summed E-state index contributed by atoms with van der Waals surface area (Å²) >= 11 is 0. The Hall–Kier alpha value is -0.740. The predicted molar refractivity (Wildman–Crippen MR) is 55.6 cm³/mol. The van der Waals surface area contributed by atoms with E-state index >= 15 is 0 Å². The zero-order valence-electron chi connectivity index (χ0n) is 9.28. The molecule has 0 bridgehead atoms. The largest absolute Gasteiger partial charge is 0.321 e. The van der Waals surface area contributed by atoms with Gasteiger partial charge in [0.1, 0.15) is 0 Å². The molecule has 4 N–H and O–H groups in total. The second-order valence-electron chi connectivity index (χ2n) is 4.27. The maximum absolute atomic E-state index is 11.5. The van der Waals surface area contributed by atoms with Crippen LogP contribution in [0, 0.1) is 11.8 Å². The van der Waals surface area contributed by atoms with Crippen molar-refractivity contribution >= 4 is 11.6 Å². The Kier molecular flexibility index (Phi) is 4.94. The maximum atomic E-state index is 11.5. The van der Waals surface area contributed by atoms with Gasteiger partial charge in [-0.05, 0) is 11.8 Å². The highest BCUT2D eigenvalue weighted by Gasteiger charge is 2.29. The quantitative estimate of drug-likeness (QED) is 0.616. The molecule has 0 aliphatic heterocycles. The van der Waals surface area contributed by atoms with Crippen molar-refractivity contribution in [1.29, 1.82) is 0 Å². The molecule has 14 heavy (non-hydrogen) atoms. The Bertz CT molecular complexity index is 200. The first-order valence-corrected chi connectivity index (χ1v) is 4.88. The SMILES string of the molecule is CC(C)[C@H](N)C(=O)C(=O)[C@@H](N)C(C)C. The van der Waals surface area contributed by atoms with Gasteiger partial charge in [0.05, 0.1) is 12.1 Å². The summed E-state index contributed by atoms with van der Waals surface area (Å²) in [6, 6.07) is -1.46. The first-order valence-electron chi connectivity index (χ1n) is 4.88. The van der Waals surface area contributed by atoms with Gasteiger partial charge in [-0.2, -0.15) is 0 Å². The van der Waals surface area contributed by atoms with E-state index in [2.05, 4.69) is 0 Å². The van der Waals surface area contributed by atoms with Gasteiger partial charge in [0.25, 0.3) is 0 Å². The Labute approximate surface area is 85.0 Å². The number of rotatable bonds is 5. The lowest BCUT2D eigenvalue weighted by atomic mass is 9.91. The molecule has 0 aromatic heterocycles. The van der Waals surface area contributed by atoms with Gasteiger partial charge >= 0.3 is 0 Å². The van der Waals surface area contributed by atoms with Crippen molar-refractivity contribution < 1.29 is 9.59 Å². The summed E-state index contributed by atoms with van der Waals surface area (Å²) in [6.07, 6.45) is 0. The Morgan fingerprint density at radius 2 is 1.00 bits per heavy atom. The number of carbonyl (C=O) groups is 2. The fourth-order valence-electron chi connectivity index (χ4n) is 0.934. The molecule has 2 atom stereocenters. The lowest BCUT2D eigenvalue weighted by molar-refractivity contribution is -0.139. The average Bonchev–Trinajstić information content (AvgIpc) is 2.12. The smallest absolute Gasteiger partial charge is 0.216 e. The minimum Gasteiger partial charge on any atom is -0.321 e. The number of nitrogens with two attached hydrogens (primary N) is 2. The van der Waals surface area contributed by atoms with Crippen LogP contribution in [0.2, 0.25) is 0 Å². The van der Waals surface area contributed by atoms with Gasteiger partial charge in [0.2, 0.25) is 11.6 Å². The zero-order valence-corrected chi connectivity index (χ0v) is 9.28. The van der Waals surface area contributed by atoms with Crippen molar-refractivity contribution in [3.8, 4) is 0 Å². The van der Waals surface area contributed by atoms with Crippen LogP contribution in [0.3, 0.4) is 0 Å². The van der Waals surface area contributed by atoms with E-state index in [4.69, 9.17) is 11.5 Å². The lowest BCUT2D eigenvalue weighted by Gasteiger charge is -2.18. The van der Waals surface area contributed by atoms with Crippen LogP contribution in [0.1, 0.15) is 27.7 Å². The molecule has 0 spiro atoms. The van der Waals surface area contributed by atoms with E-state index in [1.54, 1.807) is 27.7 Å². The standard InChI is InChI=1S/C10H20N2O2/c1-5(2)7(11)9(13)10(14)8(12)6(3)4/h5-8H,11-12H2,1-4H3/t7-,8-/m0/s1. The number of hydrogen-bond donors (Lipinski definition) is 2. The second-order valence-corrected chi connectivity index (χ2v) is 4.27. The maximum Gasteiger partial charge on any atom is 0.216 e. The topological polar surface area (TPSA) is 86.2 Å². The molecular formula is C10H20N2O2. The summed E-state index contributed by atoms with van der Waals surface area (Å²) in [5.41, 5.74) is 11.1. The van der Waals surface area contributed by atoms with Crippen LogP contribution in [-0.4, -0.2) is 23.7 Å². The van der Waals surface area contributed by atoms with E-state index in [0.717, 1.165) is 0 Å². The molecular weight excluding hydrogens is 180 g/mol. The van der Waals surface area contributed by atoms with Crippen molar-refractivity contribution in [2.75, 3.05) is 0 Å². The average molecular weight is 200 g/mol. The first kappa shape index (κ1) is 13.3. The van der Waals surface area contributed by atoms with Gasteiger partial charge in [-0.15, -0.1) is 0 Å². The number of carbonyl (C=O) groups excluding carboxylic acids is 2. The van der Waals surface area contributed by atoms with E-state index in [1.807, 2.05) is 0 Å². The number of hydrogen-bond acceptors (Lipinski definition) is 4. The van der Waals surface area contributed by atoms with Crippen molar-refractivity contribution in [3.63, 3.8) is 0 Å². The van der Waals surface area contributed by atoms with Gasteiger partial charge in [-0.3, -0.25) is 9.59 Å². The van der Waals surface area contributed by atoms with Crippen molar-refractivity contribution in [1.82, 2.24) is 0 Å². The third kappa shape index (κ3) is 3.20. The first-order chi connectivity index (χ1) is 6.29. The van der Waals surface area contributed by atoms with Gasteiger partial charge in [0, 0.05) is 0 Å². The van der Waals surface area contributed by atoms with Gasteiger partial charge in [0.15, 0.2) is 0 Å². The molecule has 4 heteroatoms. The second kappa shape index (κ2) is 5.22. The molecule has 0 saturated carbocycles. The van der Waals surface area contributed by atoms with E-state index in [9.17, 15) is 9.59 Å². The van der Waals surface area contributed by atoms with Crippen LogP contribution in [0.5, 0.6) is 0 Å².